The Balaban J connectivity index is 0.000000810. The number of hydrogen-bond acceptors (Lipinski definition) is 1. The van der Waals surface area contributed by atoms with Crippen molar-refractivity contribution in [2.45, 2.75) is 0 Å². The van der Waals surface area contributed by atoms with Gasteiger partial charge in [0.05, 0.1) is 0 Å². The van der Waals surface area contributed by atoms with E-state index in [9.17, 15) is 0 Å². The maximum absolute atomic E-state index is 6.72. The smallest absolute Gasteiger partial charge is 0.399 e. The van der Waals surface area contributed by atoms with Gasteiger partial charge >= 0.3 is 18.9 Å². The SMILES string of the molecule is [C-]#Cc1ccc(N)cc1.[Li+]. The second kappa shape index (κ2) is 4.07. The van der Waals surface area contributed by atoms with Crippen molar-refractivity contribution < 1.29 is 18.9 Å². The van der Waals surface area contributed by atoms with Gasteiger partial charge in [0.1, 0.15) is 0 Å². The van der Waals surface area contributed by atoms with Crippen molar-refractivity contribution in [3.63, 3.8) is 0 Å². The molecular weight excluding hydrogens is 117 g/mol. The van der Waals surface area contributed by atoms with Crippen LogP contribution in [0.1, 0.15) is 5.56 Å². The van der Waals surface area contributed by atoms with Gasteiger partial charge in [0.2, 0.25) is 0 Å². The summed E-state index contributed by atoms with van der Waals surface area (Å²) in [6.45, 7) is 0. The molecule has 0 heterocycles. The number of rotatable bonds is 0. The predicted molar refractivity (Wildman–Crippen MR) is 37.1 cm³/mol. The predicted octanol–water partition coefficient (Wildman–Crippen LogP) is -1.79. The Kier molecular flexibility index (Phi) is 3.73. The van der Waals surface area contributed by atoms with Gasteiger partial charge in [0, 0.05) is 5.69 Å². The summed E-state index contributed by atoms with van der Waals surface area (Å²) in [6.07, 6.45) is 6.72. The van der Waals surface area contributed by atoms with E-state index in [0.717, 1.165) is 5.56 Å². The Morgan fingerprint density at radius 3 is 2.10 bits per heavy atom. The van der Waals surface area contributed by atoms with E-state index in [-0.39, 0.29) is 18.9 Å². The molecule has 0 atom stereocenters. The molecule has 10 heavy (non-hydrogen) atoms. The van der Waals surface area contributed by atoms with Crippen molar-refractivity contribution in [2.75, 3.05) is 5.73 Å². The summed E-state index contributed by atoms with van der Waals surface area (Å²) in [6, 6.07) is 7.00. The summed E-state index contributed by atoms with van der Waals surface area (Å²) < 4.78 is 0. The van der Waals surface area contributed by atoms with E-state index in [0.29, 0.717) is 5.69 Å². The molecule has 1 aromatic rings. The van der Waals surface area contributed by atoms with Crippen LogP contribution in [-0.2, 0) is 0 Å². The molecule has 1 nitrogen and oxygen atoms in total. The van der Waals surface area contributed by atoms with Crippen LogP contribution in [0.2, 0.25) is 0 Å². The van der Waals surface area contributed by atoms with Crippen LogP contribution in [0, 0.1) is 12.3 Å². The van der Waals surface area contributed by atoms with Crippen LogP contribution < -0.4 is 24.6 Å². The molecule has 0 aliphatic carbocycles. The zero-order chi connectivity index (χ0) is 6.69. The minimum atomic E-state index is 0. The van der Waals surface area contributed by atoms with Gasteiger partial charge in [-0.2, -0.15) is 0 Å². The molecule has 2 N–H and O–H groups in total. The van der Waals surface area contributed by atoms with Gasteiger partial charge in [-0.05, 0) is 0 Å². The molecule has 2 heteroatoms. The Morgan fingerprint density at radius 1 is 1.20 bits per heavy atom. The Morgan fingerprint density at radius 2 is 1.70 bits per heavy atom. The molecule has 0 aliphatic heterocycles. The van der Waals surface area contributed by atoms with Gasteiger partial charge in [-0.1, -0.05) is 12.1 Å². The largest absolute Gasteiger partial charge is 1.00 e. The van der Waals surface area contributed by atoms with Crippen LogP contribution in [0.3, 0.4) is 0 Å². The number of nitrogens with two attached hydrogens (primary N) is 1. The molecule has 0 aromatic heterocycles. The van der Waals surface area contributed by atoms with Crippen LogP contribution >= 0.6 is 0 Å². The maximum atomic E-state index is 6.72. The van der Waals surface area contributed by atoms with Gasteiger partial charge in [-0.3, -0.25) is 5.92 Å². The van der Waals surface area contributed by atoms with Crippen LogP contribution in [0.15, 0.2) is 24.3 Å². The zero-order valence-electron chi connectivity index (χ0n) is 5.89. The first-order valence-corrected chi connectivity index (χ1v) is 2.61. The summed E-state index contributed by atoms with van der Waals surface area (Å²) in [4.78, 5) is 0. The third kappa shape index (κ3) is 2.19. The molecule has 0 saturated heterocycles. The van der Waals surface area contributed by atoms with Crippen LogP contribution in [0.5, 0.6) is 0 Å². The molecular formula is C8H6LiN. The fraction of sp³-hybridized carbons (Fsp3) is 0. The van der Waals surface area contributed by atoms with Crippen molar-refractivity contribution in [1.82, 2.24) is 0 Å². The van der Waals surface area contributed by atoms with Gasteiger partial charge in [-0.15, -0.1) is 17.7 Å². The molecule has 0 unspecified atom stereocenters. The van der Waals surface area contributed by atoms with Crippen LogP contribution in [0.4, 0.5) is 5.69 Å². The fourth-order valence-corrected chi connectivity index (χ4v) is 0.566. The van der Waals surface area contributed by atoms with E-state index in [4.69, 9.17) is 12.2 Å². The van der Waals surface area contributed by atoms with Crippen molar-refractivity contribution in [1.29, 1.82) is 0 Å². The number of anilines is 1. The van der Waals surface area contributed by atoms with Crippen molar-refractivity contribution >= 4 is 5.69 Å². The molecule has 44 valence electrons. The molecule has 1 rings (SSSR count). The van der Waals surface area contributed by atoms with Crippen LogP contribution in [-0.4, -0.2) is 0 Å². The minimum Gasteiger partial charge on any atom is -0.399 e. The second-order valence-corrected chi connectivity index (χ2v) is 1.75. The quantitative estimate of drug-likeness (QED) is 0.187. The van der Waals surface area contributed by atoms with E-state index < -0.39 is 0 Å². The van der Waals surface area contributed by atoms with E-state index in [1.54, 1.807) is 24.3 Å². The van der Waals surface area contributed by atoms with Crippen molar-refractivity contribution in [3.8, 4) is 5.92 Å². The standard InChI is InChI=1S/C8H6N.Li/c1-2-7-3-5-8(9)6-4-7;/h3-6H,9H2;/q-1;+1. The number of nitrogen functional groups attached to an aromatic ring is 1. The third-order valence-electron chi connectivity index (χ3n) is 1.06. The Hall–Kier alpha value is -0.823. The summed E-state index contributed by atoms with van der Waals surface area (Å²) in [5, 5.41) is 0. The Bertz CT molecular complexity index is 232. The maximum Gasteiger partial charge on any atom is 1.00 e. The van der Waals surface area contributed by atoms with Gasteiger partial charge in [0.15, 0.2) is 0 Å². The Labute approximate surface area is 72.8 Å². The molecule has 1 aromatic carbocycles. The molecule has 0 radical (unpaired) electrons. The molecule has 0 amide bonds. The summed E-state index contributed by atoms with van der Waals surface area (Å²) in [5.41, 5.74) is 6.86. The molecule has 0 spiro atoms. The monoisotopic (exact) mass is 123 g/mol. The molecule has 0 saturated carbocycles. The normalized spacial score (nSPS) is 7.50. The van der Waals surface area contributed by atoms with E-state index in [1.165, 1.54) is 0 Å². The minimum absolute atomic E-state index is 0. The van der Waals surface area contributed by atoms with Gasteiger partial charge < -0.3 is 12.2 Å². The first-order chi connectivity index (χ1) is 4.33. The van der Waals surface area contributed by atoms with E-state index >= 15 is 0 Å². The summed E-state index contributed by atoms with van der Waals surface area (Å²) in [7, 11) is 0. The fourth-order valence-electron chi connectivity index (χ4n) is 0.566. The van der Waals surface area contributed by atoms with Crippen molar-refractivity contribution in [3.05, 3.63) is 36.3 Å². The number of hydrogen-bond donors (Lipinski definition) is 1. The second-order valence-electron chi connectivity index (χ2n) is 1.75. The van der Waals surface area contributed by atoms with Crippen LogP contribution in [0.25, 0.3) is 0 Å². The first kappa shape index (κ1) is 9.18. The van der Waals surface area contributed by atoms with Gasteiger partial charge in [0.25, 0.3) is 0 Å². The summed E-state index contributed by atoms with van der Waals surface area (Å²) >= 11 is 0. The zero-order valence-corrected chi connectivity index (χ0v) is 5.89. The third-order valence-corrected chi connectivity index (χ3v) is 1.06. The number of benzene rings is 1. The first-order valence-electron chi connectivity index (χ1n) is 2.61. The molecule has 0 fully saturated rings. The molecule has 0 bridgehead atoms. The topological polar surface area (TPSA) is 26.0 Å². The average molecular weight is 123 g/mol. The van der Waals surface area contributed by atoms with Gasteiger partial charge in [-0.25, -0.2) is 0 Å². The average Bonchev–Trinajstić information content (AvgIpc) is 1.90. The van der Waals surface area contributed by atoms with Crippen molar-refractivity contribution in [2.24, 2.45) is 0 Å². The molecule has 0 aliphatic rings. The van der Waals surface area contributed by atoms with E-state index in [2.05, 4.69) is 5.92 Å². The van der Waals surface area contributed by atoms with E-state index in [1.807, 2.05) is 0 Å². The summed E-state index contributed by atoms with van der Waals surface area (Å²) in [5.74, 6) is 2.25.